The van der Waals surface area contributed by atoms with Crippen molar-refractivity contribution in [2.24, 2.45) is 11.1 Å². The van der Waals surface area contributed by atoms with E-state index in [9.17, 15) is 0 Å². The van der Waals surface area contributed by atoms with Crippen LogP contribution in [-0.2, 0) is 6.54 Å². The number of nitrogens with zero attached hydrogens (tertiary/aromatic N) is 1. The number of hydrogen-bond acceptors (Lipinski definition) is 4. The van der Waals surface area contributed by atoms with E-state index in [4.69, 9.17) is 5.73 Å². The van der Waals surface area contributed by atoms with Crippen LogP contribution in [0, 0.1) is 5.41 Å². The Kier molecular flexibility index (Phi) is 3.89. The lowest BCUT2D eigenvalue weighted by atomic mass is 9.92. The molecule has 0 aliphatic carbocycles. The lowest BCUT2D eigenvalue weighted by Gasteiger charge is -2.17. The van der Waals surface area contributed by atoms with Crippen LogP contribution in [0.2, 0.25) is 0 Å². The molecule has 3 N–H and O–H groups in total. The third kappa shape index (κ3) is 4.07. The van der Waals surface area contributed by atoms with Crippen molar-refractivity contribution in [3.63, 3.8) is 0 Å². The zero-order valence-electron chi connectivity index (χ0n) is 9.13. The fourth-order valence-corrected chi connectivity index (χ4v) is 1.74. The Bertz CT molecular complexity index is 275. The van der Waals surface area contributed by atoms with Gasteiger partial charge in [0.2, 0.25) is 0 Å². The van der Waals surface area contributed by atoms with Crippen LogP contribution in [0.3, 0.4) is 0 Å². The van der Waals surface area contributed by atoms with Crippen molar-refractivity contribution in [1.82, 2.24) is 4.98 Å². The molecule has 1 aromatic heterocycles. The van der Waals surface area contributed by atoms with E-state index in [0.717, 1.165) is 23.0 Å². The second-order valence-corrected chi connectivity index (χ2v) is 5.69. The van der Waals surface area contributed by atoms with E-state index in [-0.39, 0.29) is 0 Å². The molecule has 0 saturated heterocycles. The summed E-state index contributed by atoms with van der Waals surface area (Å²) in [6.45, 7) is 8.27. The predicted octanol–water partition coefficient (Wildman–Crippen LogP) is 2.45. The van der Waals surface area contributed by atoms with Gasteiger partial charge in [-0.25, -0.2) is 4.98 Å². The molecular weight excluding hydrogens is 194 g/mol. The second-order valence-electron chi connectivity index (χ2n) is 4.57. The average molecular weight is 213 g/mol. The molecule has 1 rings (SSSR count). The molecule has 0 spiro atoms. The molecule has 0 saturated carbocycles. The van der Waals surface area contributed by atoms with Gasteiger partial charge in [0.15, 0.2) is 5.13 Å². The van der Waals surface area contributed by atoms with Crippen molar-refractivity contribution in [3.05, 3.63) is 11.1 Å². The summed E-state index contributed by atoms with van der Waals surface area (Å²) in [6.07, 6.45) is 2.98. The minimum atomic E-state index is 0.376. The van der Waals surface area contributed by atoms with Crippen LogP contribution in [0.5, 0.6) is 0 Å². The zero-order chi connectivity index (χ0) is 10.6. The molecule has 3 nitrogen and oxygen atoms in total. The van der Waals surface area contributed by atoms with Crippen LogP contribution < -0.4 is 11.1 Å². The highest BCUT2D eigenvalue weighted by Gasteiger charge is 2.09. The number of thiazole rings is 1. The third-order valence-corrected chi connectivity index (χ3v) is 2.88. The molecule has 0 aliphatic heterocycles. The van der Waals surface area contributed by atoms with Gasteiger partial charge in [-0.1, -0.05) is 20.8 Å². The molecule has 0 atom stereocenters. The molecule has 0 bridgehead atoms. The summed E-state index contributed by atoms with van der Waals surface area (Å²) in [5.74, 6) is 0. The first-order chi connectivity index (χ1) is 6.51. The molecule has 0 amide bonds. The number of anilines is 1. The van der Waals surface area contributed by atoms with Crippen LogP contribution in [0.15, 0.2) is 6.20 Å². The van der Waals surface area contributed by atoms with Crippen molar-refractivity contribution < 1.29 is 0 Å². The molecule has 14 heavy (non-hydrogen) atoms. The summed E-state index contributed by atoms with van der Waals surface area (Å²) >= 11 is 1.64. The molecule has 0 aromatic carbocycles. The maximum atomic E-state index is 5.50. The number of rotatable bonds is 4. The third-order valence-electron chi connectivity index (χ3n) is 1.91. The Balaban J connectivity index is 2.31. The van der Waals surface area contributed by atoms with Crippen molar-refractivity contribution in [2.45, 2.75) is 33.7 Å². The summed E-state index contributed by atoms with van der Waals surface area (Å²) in [5.41, 5.74) is 5.88. The maximum Gasteiger partial charge on any atom is 0.182 e. The van der Waals surface area contributed by atoms with E-state index < -0.39 is 0 Å². The van der Waals surface area contributed by atoms with Crippen molar-refractivity contribution in [2.75, 3.05) is 11.9 Å². The van der Waals surface area contributed by atoms with Crippen LogP contribution in [0.1, 0.15) is 32.1 Å². The fourth-order valence-electron chi connectivity index (χ4n) is 1.03. The Labute approximate surface area is 89.7 Å². The van der Waals surface area contributed by atoms with Gasteiger partial charge in [0.1, 0.15) is 0 Å². The topological polar surface area (TPSA) is 50.9 Å². The van der Waals surface area contributed by atoms with E-state index in [0.29, 0.717) is 12.0 Å². The van der Waals surface area contributed by atoms with Crippen LogP contribution >= 0.6 is 11.3 Å². The van der Waals surface area contributed by atoms with E-state index in [1.807, 2.05) is 6.20 Å². The first-order valence-corrected chi connectivity index (χ1v) is 5.71. The maximum absolute atomic E-state index is 5.50. The number of nitrogens with one attached hydrogen (secondary N) is 1. The van der Waals surface area contributed by atoms with Gasteiger partial charge in [0.05, 0.1) is 0 Å². The molecule has 1 aromatic rings. The zero-order valence-corrected chi connectivity index (χ0v) is 9.95. The summed E-state index contributed by atoms with van der Waals surface area (Å²) in [4.78, 5) is 5.36. The summed E-state index contributed by atoms with van der Waals surface area (Å²) < 4.78 is 0. The largest absolute Gasteiger partial charge is 0.361 e. The van der Waals surface area contributed by atoms with Crippen LogP contribution in [0.25, 0.3) is 0 Å². The smallest absolute Gasteiger partial charge is 0.182 e. The van der Waals surface area contributed by atoms with Gasteiger partial charge < -0.3 is 11.1 Å². The van der Waals surface area contributed by atoms with Crippen LogP contribution in [0.4, 0.5) is 5.13 Å². The number of nitrogens with two attached hydrogens (primary N) is 1. The van der Waals surface area contributed by atoms with Gasteiger partial charge in [-0.2, -0.15) is 0 Å². The first kappa shape index (κ1) is 11.5. The van der Waals surface area contributed by atoms with E-state index >= 15 is 0 Å². The van der Waals surface area contributed by atoms with Crippen molar-refractivity contribution in [1.29, 1.82) is 0 Å². The highest BCUT2D eigenvalue weighted by Crippen LogP contribution is 2.20. The molecular formula is C10H19N3S. The quantitative estimate of drug-likeness (QED) is 0.807. The Morgan fingerprint density at radius 3 is 2.71 bits per heavy atom. The standard InChI is InChI=1S/C10H19N3S/c1-10(2,3)4-5-12-9-13-7-8(6-11)14-9/h7H,4-6,11H2,1-3H3,(H,12,13). The number of aromatic nitrogens is 1. The predicted molar refractivity (Wildman–Crippen MR) is 62.6 cm³/mol. The monoisotopic (exact) mass is 213 g/mol. The fraction of sp³-hybridized carbons (Fsp3) is 0.700. The van der Waals surface area contributed by atoms with E-state index in [1.165, 1.54) is 0 Å². The Morgan fingerprint density at radius 1 is 1.50 bits per heavy atom. The van der Waals surface area contributed by atoms with Gasteiger partial charge >= 0.3 is 0 Å². The van der Waals surface area contributed by atoms with Gasteiger partial charge in [0.25, 0.3) is 0 Å². The van der Waals surface area contributed by atoms with Crippen molar-refractivity contribution >= 4 is 16.5 Å². The lowest BCUT2D eigenvalue weighted by molar-refractivity contribution is 0.390. The summed E-state index contributed by atoms with van der Waals surface area (Å²) in [5, 5.41) is 4.29. The van der Waals surface area contributed by atoms with E-state index in [1.54, 1.807) is 11.3 Å². The molecule has 4 heteroatoms. The van der Waals surface area contributed by atoms with Gasteiger partial charge in [-0.3, -0.25) is 0 Å². The SMILES string of the molecule is CC(C)(C)CCNc1ncc(CN)s1. The minimum absolute atomic E-state index is 0.376. The molecule has 0 fully saturated rings. The molecule has 80 valence electrons. The average Bonchev–Trinajstić information content (AvgIpc) is 2.50. The highest BCUT2D eigenvalue weighted by molar-refractivity contribution is 7.15. The normalized spacial score (nSPS) is 11.7. The summed E-state index contributed by atoms with van der Waals surface area (Å²) in [6, 6.07) is 0. The number of hydrogen-bond donors (Lipinski definition) is 2. The van der Waals surface area contributed by atoms with Crippen molar-refractivity contribution in [3.8, 4) is 0 Å². The lowest BCUT2D eigenvalue weighted by Crippen LogP contribution is -2.12. The second kappa shape index (κ2) is 4.75. The van der Waals surface area contributed by atoms with Gasteiger partial charge in [-0.15, -0.1) is 11.3 Å². The molecule has 1 heterocycles. The molecule has 0 aliphatic rings. The van der Waals surface area contributed by atoms with Crippen LogP contribution in [-0.4, -0.2) is 11.5 Å². The Hall–Kier alpha value is -0.610. The first-order valence-electron chi connectivity index (χ1n) is 4.90. The highest BCUT2D eigenvalue weighted by atomic mass is 32.1. The van der Waals surface area contributed by atoms with Gasteiger partial charge in [-0.05, 0) is 11.8 Å². The Morgan fingerprint density at radius 2 is 2.21 bits per heavy atom. The van der Waals surface area contributed by atoms with E-state index in [2.05, 4.69) is 31.1 Å². The summed E-state index contributed by atoms with van der Waals surface area (Å²) in [7, 11) is 0. The molecule has 0 unspecified atom stereocenters. The minimum Gasteiger partial charge on any atom is -0.361 e. The van der Waals surface area contributed by atoms with Gasteiger partial charge in [0, 0.05) is 24.2 Å². The molecule has 0 radical (unpaired) electrons.